The second-order valence-electron chi connectivity index (χ2n) is 3.05. The van der Waals surface area contributed by atoms with Crippen molar-refractivity contribution >= 4 is 16.0 Å². The largest absolute Gasteiger partial charge is 0.480 e. The molecule has 0 aromatic carbocycles. The monoisotopic (exact) mass is 208 g/mol. The Bertz CT molecular complexity index is 300. The van der Waals surface area contributed by atoms with Gasteiger partial charge in [0.1, 0.15) is 6.04 Å². The zero-order valence-electron chi connectivity index (χ0n) is 7.23. The van der Waals surface area contributed by atoms with E-state index in [0.29, 0.717) is 19.4 Å². The highest BCUT2D eigenvalue weighted by atomic mass is 32.2. The number of hydrazine groups is 1. The van der Waals surface area contributed by atoms with Gasteiger partial charge in [-0.15, -0.1) is 4.83 Å². The Morgan fingerprint density at radius 2 is 2.23 bits per heavy atom. The number of hydrogen-bond acceptors (Lipinski definition) is 4. The first-order valence-electron chi connectivity index (χ1n) is 3.87. The molecule has 0 bridgehead atoms. The average molecular weight is 208 g/mol. The van der Waals surface area contributed by atoms with Gasteiger partial charge in [-0.3, -0.25) is 4.79 Å². The topological polar surface area (TPSA) is 86.7 Å². The smallest absolute Gasteiger partial charge is 0.322 e. The fourth-order valence-corrected chi connectivity index (χ4v) is 1.99. The molecule has 1 aliphatic rings. The number of hydrogen-bond donors (Lipinski definition) is 2. The molecule has 1 atom stereocenters. The van der Waals surface area contributed by atoms with E-state index in [4.69, 9.17) is 5.11 Å². The third-order valence-electron chi connectivity index (χ3n) is 1.82. The Morgan fingerprint density at radius 3 is 2.69 bits per heavy atom. The summed E-state index contributed by atoms with van der Waals surface area (Å²) in [4.78, 5) is 12.8. The van der Waals surface area contributed by atoms with Crippen molar-refractivity contribution in [2.75, 3.05) is 12.8 Å². The molecule has 2 N–H and O–H groups in total. The maximum atomic E-state index is 10.8. The van der Waals surface area contributed by atoms with Crippen molar-refractivity contribution < 1.29 is 18.3 Å². The first-order chi connectivity index (χ1) is 5.90. The fourth-order valence-electron chi connectivity index (χ4n) is 1.35. The minimum atomic E-state index is -3.36. The van der Waals surface area contributed by atoms with E-state index >= 15 is 0 Å². The SMILES string of the molecule is CS(=O)(=O)NN1CCC[C@H]1C(=O)O. The zero-order valence-corrected chi connectivity index (χ0v) is 8.04. The maximum absolute atomic E-state index is 10.8. The van der Waals surface area contributed by atoms with Crippen molar-refractivity contribution in [3.63, 3.8) is 0 Å². The molecule has 0 amide bonds. The van der Waals surface area contributed by atoms with E-state index in [-0.39, 0.29) is 0 Å². The van der Waals surface area contributed by atoms with Crippen molar-refractivity contribution in [1.82, 2.24) is 9.84 Å². The number of nitrogens with zero attached hydrogens (tertiary/aromatic N) is 1. The molecule has 1 rings (SSSR count). The van der Waals surface area contributed by atoms with Crippen LogP contribution in [0.4, 0.5) is 0 Å². The highest BCUT2D eigenvalue weighted by molar-refractivity contribution is 7.88. The van der Waals surface area contributed by atoms with E-state index in [2.05, 4.69) is 4.83 Å². The quantitative estimate of drug-likeness (QED) is 0.621. The zero-order chi connectivity index (χ0) is 10.1. The lowest BCUT2D eigenvalue weighted by atomic mass is 10.2. The van der Waals surface area contributed by atoms with Gasteiger partial charge in [0.05, 0.1) is 6.26 Å². The molecule has 0 aromatic rings. The van der Waals surface area contributed by atoms with Gasteiger partial charge in [-0.05, 0) is 12.8 Å². The summed E-state index contributed by atoms with van der Waals surface area (Å²) in [5.41, 5.74) is 0. The molecule has 0 aliphatic carbocycles. The second-order valence-corrected chi connectivity index (χ2v) is 4.78. The normalized spacial score (nSPS) is 24.8. The summed E-state index contributed by atoms with van der Waals surface area (Å²) in [5, 5.41) is 9.95. The number of carboxylic acids is 1. The molecule has 7 heteroatoms. The van der Waals surface area contributed by atoms with Crippen molar-refractivity contribution in [2.45, 2.75) is 18.9 Å². The third-order valence-corrected chi connectivity index (χ3v) is 2.39. The first-order valence-corrected chi connectivity index (χ1v) is 5.76. The molecule has 1 saturated heterocycles. The number of carboxylic acid groups (broad SMARTS) is 1. The van der Waals surface area contributed by atoms with Crippen molar-refractivity contribution in [3.8, 4) is 0 Å². The molecule has 0 saturated carbocycles. The van der Waals surface area contributed by atoms with Gasteiger partial charge in [-0.2, -0.15) is 0 Å². The number of carbonyl (C=O) groups is 1. The predicted octanol–water partition coefficient (Wildman–Crippen LogP) is -1.00. The van der Waals surface area contributed by atoms with Crippen LogP contribution < -0.4 is 4.83 Å². The van der Waals surface area contributed by atoms with Crippen LogP contribution in [0.3, 0.4) is 0 Å². The molecule has 0 unspecified atom stereocenters. The summed E-state index contributed by atoms with van der Waals surface area (Å²) < 4.78 is 21.6. The molecule has 76 valence electrons. The number of rotatable bonds is 3. The van der Waals surface area contributed by atoms with Gasteiger partial charge in [0.15, 0.2) is 0 Å². The summed E-state index contributed by atoms with van der Waals surface area (Å²) in [6.07, 6.45) is 2.18. The van der Waals surface area contributed by atoms with E-state index in [0.717, 1.165) is 6.26 Å². The van der Waals surface area contributed by atoms with Gasteiger partial charge in [0, 0.05) is 6.54 Å². The molecule has 0 spiro atoms. The number of nitrogens with one attached hydrogen (secondary N) is 1. The Hall–Kier alpha value is -0.660. The van der Waals surface area contributed by atoms with Crippen LogP contribution in [0.1, 0.15) is 12.8 Å². The van der Waals surface area contributed by atoms with Gasteiger partial charge in [-0.1, -0.05) is 0 Å². The molecule has 6 nitrogen and oxygen atoms in total. The second kappa shape index (κ2) is 3.60. The minimum Gasteiger partial charge on any atom is -0.480 e. The molecular weight excluding hydrogens is 196 g/mol. The summed E-state index contributed by atoms with van der Waals surface area (Å²) in [5.74, 6) is -0.992. The van der Waals surface area contributed by atoms with Crippen LogP contribution in [0.5, 0.6) is 0 Å². The molecule has 1 aliphatic heterocycles. The van der Waals surface area contributed by atoms with E-state index in [1.54, 1.807) is 0 Å². The van der Waals surface area contributed by atoms with Crippen molar-refractivity contribution in [1.29, 1.82) is 0 Å². The van der Waals surface area contributed by atoms with Gasteiger partial charge in [-0.25, -0.2) is 13.4 Å². The van der Waals surface area contributed by atoms with Crippen LogP contribution in [0.25, 0.3) is 0 Å². The van der Waals surface area contributed by atoms with Crippen LogP contribution in [0.15, 0.2) is 0 Å². The highest BCUT2D eigenvalue weighted by Crippen LogP contribution is 2.14. The van der Waals surface area contributed by atoms with Gasteiger partial charge < -0.3 is 5.11 Å². The minimum absolute atomic E-state index is 0.448. The Labute approximate surface area is 76.6 Å². The van der Waals surface area contributed by atoms with E-state index < -0.39 is 22.0 Å². The lowest BCUT2D eigenvalue weighted by Crippen LogP contribution is -2.47. The molecule has 13 heavy (non-hydrogen) atoms. The van der Waals surface area contributed by atoms with Crippen LogP contribution in [-0.2, 0) is 14.8 Å². The highest BCUT2D eigenvalue weighted by Gasteiger charge is 2.31. The number of aliphatic carboxylic acids is 1. The lowest BCUT2D eigenvalue weighted by Gasteiger charge is -2.20. The van der Waals surface area contributed by atoms with E-state index in [1.807, 2.05) is 0 Å². The molecule has 0 radical (unpaired) electrons. The Kier molecular flexibility index (Phi) is 2.89. The molecule has 1 heterocycles. The van der Waals surface area contributed by atoms with Crippen LogP contribution >= 0.6 is 0 Å². The van der Waals surface area contributed by atoms with E-state index in [1.165, 1.54) is 5.01 Å². The Morgan fingerprint density at radius 1 is 1.62 bits per heavy atom. The summed E-state index contributed by atoms with van der Waals surface area (Å²) in [7, 11) is -3.36. The van der Waals surface area contributed by atoms with Crippen molar-refractivity contribution in [3.05, 3.63) is 0 Å². The van der Waals surface area contributed by atoms with Gasteiger partial charge in [0.25, 0.3) is 0 Å². The van der Waals surface area contributed by atoms with E-state index in [9.17, 15) is 13.2 Å². The molecule has 0 aromatic heterocycles. The average Bonchev–Trinajstić information content (AvgIpc) is 2.31. The maximum Gasteiger partial charge on any atom is 0.322 e. The van der Waals surface area contributed by atoms with Gasteiger partial charge >= 0.3 is 5.97 Å². The summed E-state index contributed by atoms with van der Waals surface area (Å²) in [6.45, 7) is 0.448. The van der Waals surface area contributed by atoms with Crippen molar-refractivity contribution in [2.24, 2.45) is 0 Å². The fraction of sp³-hybridized carbons (Fsp3) is 0.833. The summed E-state index contributed by atoms with van der Waals surface area (Å²) in [6, 6.07) is -0.727. The lowest BCUT2D eigenvalue weighted by molar-refractivity contribution is -0.142. The summed E-state index contributed by atoms with van der Waals surface area (Å²) >= 11 is 0. The van der Waals surface area contributed by atoms with Crippen LogP contribution in [0, 0.1) is 0 Å². The van der Waals surface area contributed by atoms with Crippen LogP contribution in [-0.4, -0.2) is 43.3 Å². The van der Waals surface area contributed by atoms with Gasteiger partial charge in [0.2, 0.25) is 10.0 Å². The molecule has 1 fully saturated rings. The van der Waals surface area contributed by atoms with Crippen LogP contribution in [0.2, 0.25) is 0 Å². The number of sulfonamides is 1. The first kappa shape index (κ1) is 10.4. The Balaban J connectivity index is 2.64. The standard InChI is InChI=1S/C6H12N2O4S/c1-13(11,12)7-8-4-2-3-5(8)6(9)10/h5,7H,2-4H2,1H3,(H,9,10)/t5-/m0/s1. The third kappa shape index (κ3) is 2.94. The molecular formula is C6H12N2O4S. The predicted molar refractivity (Wildman–Crippen MR) is 45.3 cm³/mol.